The Kier molecular flexibility index (Phi) is 5.53. The normalized spacial score (nSPS) is 19.8. The molecular weight excluding hydrogens is 463 g/mol. The van der Waals surface area contributed by atoms with Gasteiger partial charge in [-0.05, 0) is 24.3 Å². The van der Waals surface area contributed by atoms with E-state index in [1.807, 2.05) is 0 Å². The van der Waals surface area contributed by atoms with Crippen molar-refractivity contribution < 1.29 is 22.8 Å². The number of pyridine rings is 1. The predicted octanol–water partition coefficient (Wildman–Crippen LogP) is 3.05. The molecule has 1 N–H and O–H groups in total. The van der Waals surface area contributed by atoms with Gasteiger partial charge in [-0.15, -0.1) is 10.2 Å². The number of nitrogens with one attached hydrogen (secondary N) is 1. The summed E-state index contributed by atoms with van der Waals surface area (Å²) >= 11 is 0. The van der Waals surface area contributed by atoms with Crippen LogP contribution in [-0.4, -0.2) is 76.6 Å². The third-order valence-corrected chi connectivity index (χ3v) is 6.57. The molecule has 2 saturated heterocycles. The number of hydrogen-bond acceptors (Lipinski definition) is 5. The van der Waals surface area contributed by atoms with E-state index in [-0.39, 0.29) is 35.3 Å². The quantitative estimate of drug-likeness (QED) is 0.614. The Morgan fingerprint density at radius 3 is 2.34 bits per heavy atom. The number of likely N-dealkylation sites (tertiary alicyclic amines) is 1. The lowest BCUT2D eigenvalue weighted by molar-refractivity contribution is -0.137. The van der Waals surface area contributed by atoms with Crippen molar-refractivity contribution in [1.29, 1.82) is 0 Å². The highest BCUT2D eigenvalue weighted by Gasteiger charge is 2.44. The standard InChI is InChI=1S/C23H24F3N7O2/c1-30(2)22(35)27-16-7-8-19-28-29-20(33(19)13-16)21(34)32-11-14-9-31(10-15(14)12-32)18-6-4-3-5-17(18)23(24,25)26/h3-8,13-15H,9-12H2,1-2H3,(H,27,35)/t14-,15+. The Labute approximate surface area is 199 Å². The van der Waals surface area contributed by atoms with Gasteiger partial charge in [0.25, 0.3) is 5.91 Å². The van der Waals surface area contributed by atoms with Gasteiger partial charge in [0.05, 0.1) is 11.3 Å². The fourth-order valence-corrected chi connectivity index (χ4v) is 4.83. The highest BCUT2D eigenvalue weighted by atomic mass is 19.4. The van der Waals surface area contributed by atoms with Gasteiger partial charge in [0, 0.05) is 64.0 Å². The molecule has 0 bridgehead atoms. The van der Waals surface area contributed by atoms with Crippen LogP contribution in [0.2, 0.25) is 0 Å². The van der Waals surface area contributed by atoms with Crippen molar-refractivity contribution in [2.24, 2.45) is 11.8 Å². The van der Waals surface area contributed by atoms with Crippen LogP contribution in [-0.2, 0) is 6.18 Å². The molecule has 9 nitrogen and oxygen atoms in total. The Balaban J connectivity index is 1.31. The lowest BCUT2D eigenvalue weighted by Crippen LogP contribution is -2.34. The Morgan fingerprint density at radius 2 is 1.69 bits per heavy atom. The minimum atomic E-state index is -4.42. The summed E-state index contributed by atoms with van der Waals surface area (Å²) in [5.41, 5.74) is 0.496. The summed E-state index contributed by atoms with van der Waals surface area (Å²) in [5, 5.41) is 10.8. The van der Waals surface area contributed by atoms with Gasteiger partial charge >= 0.3 is 12.2 Å². The number of nitrogens with zero attached hydrogens (tertiary/aromatic N) is 6. The van der Waals surface area contributed by atoms with E-state index in [4.69, 9.17) is 0 Å². The van der Waals surface area contributed by atoms with Gasteiger partial charge in [-0.3, -0.25) is 9.20 Å². The third-order valence-electron chi connectivity index (χ3n) is 6.57. The number of amides is 3. The zero-order valence-corrected chi connectivity index (χ0v) is 19.2. The molecule has 3 aromatic rings. The second-order valence-electron chi connectivity index (χ2n) is 9.14. The molecule has 2 atom stereocenters. The molecule has 35 heavy (non-hydrogen) atoms. The van der Waals surface area contributed by atoms with Gasteiger partial charge in [-0.1, -0.05) is 12.1 Å². The van der Waals surface area contributed by atoms with Crippen LogP contribution in [0, 0.1) is 11.8 Å². The molecule has 0 saturated carbocycles. The number of para-hydroxylation sites is 1. The number of hydrogen-bond donors (Lipinski definition) is 1. The van der Waals surface area contributed by atoms with Gasteiger partial charge in [0.15, 0.2) is 5.65 Å². The van der Waals surface area contributed by atoms with Gasteiger partial charge in [0.2, 0.25) is 5.82 Å². The molecule has 2 aromatic heterocycles. The number of carbonyl (C=O) groups excluding carboxylic acids is 2. The van der Waals surface area contributed by atoms with E-state index >= 15 is 0 Å². The van der Waals surface area contributed by atoms with Crippen molar-refractivity contribution in [3.63, 3.8) is 0 Å². The Bertz CT molecular complexity index is 1280. The fraction of sp³-hybridized carbons (Fsp3) is 0.391. The van der Waals surface area contributed by atoms with Crippen molar-refractivity contribution in [3.8, 4) is 0 Å². The lowest BCUT2D eigenvalue weighted by atomic mass is 10.0. The fourth-order valence-electron chi connectivity index (χ4n) is 4.83. The number of anilines is 2. The molecular formula is C23H24F3N7O2. The summed E-state index contributed by atoms with van der Waals surface area (Å²) in [6.07, 6.45) is -2.83. The first-order chi connectivity index (χ1) is 16.6. The Morgan fingerprint density at radius 1 is 1.00 bits per heavy atom. The number of alkyl halides is 3. The minimum absolute atomic E-state index is 0.0642. The van der Waals surface area contributed by atoms with E-state index < -0.39 is 11.7 Å². The number of carbonyl (C=O) groups is 2. The molecule has 4 heterocycles. The van der Waals surface area contributed by atoms with Crippen molar-refractivity contribution >= 4 is 29.0 Å². The second-order valence-corrected chi connectivity index (χ2v) is 9.14. The summed E-state index contributed by atoms with van der Waals surface area (Å²) in [6, 6.07) is 8.63. The van der Waals surface area contributed by atoms with Crippen molar-refractivity contribution in [2.45, 2.75) is 6.18 Å². The van der Waals surface area contributed by atoms with Crippen LogP contribution in [0.15, 0.2) is 42.6 Å². The van der Waals surface area contributed by atoms with E-state index in [1.165, 1.54) is 21.4 Å². The first-order valence-electron chi connectivity index (χ1n) is 11.2. The predicted molar refractivity (Wildman–Crippen MR) is 122 cm³/mol. The van der Waals surface area contributed by atoms with Crippen molar-refractivity contribution in [2.75, 3.05) is 50.5 Å². The van der Waals surface area contributed by atoms with Gasteiger partial charge in [-0.25, -0.2) is 4.79 Å². The second kappa shape index (κ2) is 8.43. The zero-order chi connectivity index (χ0) is 24.9. The highest BCUT2D eigenvalue weighted by Crippen LogP contribution is 2.41. The van der Waals surface area contributed by atoms with E-state index in [0.29, 0.717) is 37.5 Å². The summed E-state index contributed by atoms with van der Waals surface area (Å²) in [6.45, 7) is 1.76. The topological polar surface area (TPSA) is 86.1 Å². The average molecular weight is 487 g/mol. The number of aromatic nitrogens is 3. The maximum absolute atomic E-state index is 13.5. The van der Waals surface area contributed by atoms with Crippen LogP contribution in [0.3, 0.4) is 0 Å². The highest BCUT2D eigenvalue weighted by molar-refractivity contribution is 5.92. The summed E-state index contributed by atoms with van der Waals surface area (Å²) in [7, 11) is 3.24. The number of benzene rings is 1. The van der Waals surface area contributed by atoms with Crippen LogP contribution in [0.25, 0.3) is 5.65 Å². The maximum Gasteiger partial charge on any atom is 0.418 e. The van der Waals surface area contributed by atoms with Crippen LogP contribution in [0.1, 0.15) is 16.2 Å². The number of fused-ring (bicyclic) bond motifs is 2. The smallest absolute Gasteiger partial charge is 0.370 e. The average Bonchev–Trinajstić information content (AvgIpc) is 3.51. The zero-order valence-electron chi connectivity index (χ0n) is 19.2. The van der Waals surface area contributed by atoms with Crippen LogP contribution >= 0.6 is 0 Å². The molecule has 2 fully saturated rings. The summed E-state index contributed by atoms with van der Waals surface area (Å²) < 4.78 is 41.9. The van der Waals surface area contributed by atoms with E-state index in [2.05, 4.69) is 15.5 Å². The van der Waals surface area contributed by atoms with E-state index in [1.54, 1.807) is 48.3 Å². The summed E-state index contributed by atoms with van der Waals surface area (Å²) in [4.78, 5) is 30.1. The largest absolute Gasteiger partial charge is 0.418 e. The molecule has 0 spiro atoms. The SMILES string of the molecule is CN(C)C(=O)Nc1ccc2nnc(C(=O)N3C[C@@H]4CN(c5ccccc5C(F)(F)F)C[C@@H]4C3)n2c1. The molecule has 2 aliphatic heterocycles. The maximum atomic E-state index is 13.5. The Hall–Kier alpha value is -3.83. The van der Waals surface area contributed by atoms with E-state index in [9.17, 15) is 22.8 Å². The molecule has 3 amide bonds. The van der Waals surface area contributed by atoms with E-state index in [0.717, 1.165) is 6.07 Å². The third kappa shape index (κ3) is 4.24. The number of rotatable bonds is 3. The molecule has 1 aromatic carbocycles. The molecule has 0 unspecified atom stereocenters. The lowest BCUT2D eigenvalue weighted by Gasteiger charge is -2.25. The van der Waals surface area contributed by atoms with Crippen LogP contribution < -0.4 is 10.2 Å². The van der Waals surface area contributed by atoms with Gasteiger partial charge in [0.1, 0.15) is 0 Å². The summed E-state index contributed by atoms with van der Waals surface area (Å²) in [5.74, 6) is -0.0471. The first kappa shape index (κ1) is 22.9. The van der Waals surface area contributed by atoms with Crippen molar-refractivity contribution in [3.05, 3.63) is 54.0 Å². The molecule has 0 radical (unpaired) electrons. The minimum Gasteiger partial charge on any atom is -0.370 e. The molecule has 5 rings (SSSR count). The number of halogens is 3. The molecule has 12 heteroatoms. The van der Waals surface area contributed by atoms with Gasteiger partial charge < -0.3 is 20.0 Å². The van der Waals surface area contributed by atoms with Crippen LogP contribution in [0.5, 0.6) is 0 Å². The first-order valence-corrected chi connectivity index (χ1v) is 11.2. The number of urea groups is 1. The van der Waals surface area contributed by atoms with Gasteiger partial charge in [-0.2, -0.15) is 13.2 Å². The molecule has 0 aliphatic carbocycles. The monoisotopic (exact) mass is 487 g/mol. The molecule has 2 aliphatic rings. The van der Waals surface area contributed by atoms with Crippen LogP contribution in [0.4, 0.5) is 29.3 Å². The van der Waals surface area contributed by atoms with Crippen molar-refractivity contribution in [1.82, 2.24) is 24.4 Å². The molecule has 184 valence electrons.